The molecule has 1 aromatic rings. The lowest BCUT2D eigenvalue weighted by Gasteiger charge is -2.24. The van der Waals surface area contributed by atoms with Crippen LogP contribution in [0, 0.1) is 26.2 Å². The highest BCUT2D eigenvalue weighted by atomic mass is 14.9. The van der Waals surface area contributed by atoms with E-state index in [1.54, 1.807) is 0 Å². The molecule has 0 aliphatic carbocycles. The molecular formula is C15H26N2. The molecule has 1 atom stereocenters. The number of rotatable bonds is 3. The van der Waals surface area contributed by atoms with Crippen molar-refractivity contribution in [1.29, 1.82) is 0 Å². The maximum absolute atomic E-state index is 4.56. The molecular weight excluding hydrogens is 208 g/mol. The Morgan fingerprint density at radius 2 is 1.82 bits per heavy atom. The Morgan fingerprint density at radius 3 is 2.29 bits per heavy atom. The molecule has 0 aliphatic heterocycles. The topological polar surface area (TPSA) is 24.9 Å². The number of aromatic nitrogens is 1. The van der Waals surface area contributed by atoms with Crippen LogP contribution in [0.15, 0.2) is 6.07 Å². The van der Waals surface area contributed by atoms with Crippen LogP contribution in [0.3, 0.4) is 0 Å². The van der Waals surface area contributed by atoms with Gasteiger partial charge in [0.2, 0.25) is 0 Å². The number of nitrogens with one attached hydrogen (secondary N) is 1. The molecule has 1 heterocycles. The third kappa shape index (κ3) is 4.12. The van der Waals surface area contributed by atoms with Gasteiger partial charge in [-0.05, 0) is 50.3 Å². The van der Waals surface area contributed by atoms with Crippen molar-refractivity contribution in [3.63, 3.8) is 0 Å². The molecule has 0 saturated carbocycles. The van der Waals surface area contributed by atoms with Crippen LogP contribution in [0.2, 0.25) is 0 Å². The summed E-state index contributed by atoms with van der Waals surface area (Å²) < 4.78 is 0. The predicted octanol–water partition coefficient (Wildman–Crippen LogP) is 3.70. The minimum absolute atomic E-state index is 0.314. The minimum Gasteiger partial charge on any atom is -0.310 e. The lowest BCUT2D eigenvalue weighted by atomic mass is 9.95. The highest BCUT2D eigenvalue weighted by Crippen LogP contribution is 2.22. The number of hydrogen-bond acceptors (Lipinski definition) is 2. The van der Waals surface area contributed by atoms with Gasteiger partial charge < -0.3 is 5.32 Å². The number of pyridine rings is 1. The number of nitrogens with zero attached hydrogens (tertiary/aromatic N) is 1. The summed E-state index contributed by atoms with van der Waals surface area (Å²) in [4.78, 5) is 4.56. The van der Waals surface area contributed by atoms with E-state index in [0.29, 0.717) is 11.5 Å². The summed E-state index contributed by atoms with van der Waals surface area (Å²) in [5.74, 6) is 0. The Bertz CT molecular complexity index is 365. The molecule has 0 fully saturated rings. The molecule has 0 bridgehead atoms. The molecule has 0 aromatic carbocycles. The van der Waals surface area contributed by atoms with Gasteiger partial charge in [-0.25, -0.2) is 0 Å². The molecule has 2 heteroatoms. The van der Waals surface area contributed by atoms with Crippen molar-refractivity contribution >= 4 is 0 Å². The zero-order valence-electron chi connectivity index (χ0n) is 12.3. The molecule has 96 valence electrons. The first kappa shape index (κ1) is 14.2. The fourth-order valence-corrected chi connectivity index (χ4v) is 2.25. The molecule has 0 amide bonds. The summed E-state index contributed by atoms with van der Waals surface area (Å²) in [6.45, 7) is 16.3. The second-order valence-electron chi connectivity index (χ2n) is 6.24. The van der Waals surface area contributed by atoms with E-state index in [-0.39, 0.29) is 0 Å². The Labute approximate surface area is 106 Å². The Kier molecular flexibility index (Phi) is 4.31. The van der Waals surface area contributed by atoms with Crippen LogP contribution in [0.4, 0.5) is 0 Å². The summed E-state index contributed by atoms with van der Waals surface area (Å²) in [7, 11) is 0. The first-order valence-electron chi connectivity index (χ1n) is 6.39. The average Bonchev–Trinajstić information content (AvgIpc) is 2.11. The van der Waals surface area contributed by atoms with Gasteiger partial charge >= 0.3 is 0 Å². The number of hydrogen-bond donors (Lipinski definition) is 1. The average molecular weight is 234 g/mol. The zero-order chi connectivity index (χ0) is 13.2. The van der Waals surface area contributed by atoms with Crippen molar-refractivity contribution in [2.24, 2.45) is 5.41 Å². The molecule has 1 aromatic heterocycles. The van der Waals surface area contributed by atoms with Gasteiger partial charge in [-0.3, -0.25) is 4.98 Å². The molecule has 1 N–H and O–H groups in total. The van der Waals surface area contributed by atoms with Gasteiger partial charge in [0.15, 0.2) is 0 Å². The molecule has 0 spiro atoms. The summed E-state index contributed by atoms with van der Waals surface area (Å²) in [6, 6.07) is 2.53. The van der Waals surface area contributed by atoms with Crippen LogP contribution >= 0.6 is 0 Å². The van der Waals surface area contributed by atoms with Crippen LogP contribution < -0.4 is 5.32 Å². The van der Waals surface area contributed by atoms with E-state index in [2.05, 4.69) is 64.8 Å². The van der Waals surface area contributed by atoms with Crippen molar-refractivity contribution in [2.75, 3.05) is 6.54 Å². The Hall–Kier alpha value is -0.890. The normalized spacial score (nSPS) is 13.8. The van der Waals surface area contributed by atoms with Gasteiger partial charge in [0.25, 0.3) is 0 Å². The van der Waals surface area contributed by atoms with Crippen molar-refractivity contribution < 1.29 is 0 Å². The van der Waals surface area contributed by atoms with Crippen LogP contribution in [0.5, 0.6) is 0 Å². The Balaban J connectivity index is 2.86. The second kappa shape index (κ2) is 5.18. The third-order valence-corrected chi connectivity index (χ3v) is 2.96. The zero-order valence-corrected chi connectivity index (χ0v) is 12.3. The van der Waals surface area contributed by atoms with E-state index in [0.717, 1.165) is 17.9 Å². The van der Waals surface area contributed by atoms with Crippen LogP contribution in [0.25, 0.3) is 0 Å². The summed E-state index contributed by atoms with van der Waals surface area (Å²) in [5.41, 5.74) is 5.25. The first-order chi connectivity index (χ1) is 7.70. The molecule has 0 radical (unpaired) electrons. The van der Waals surface area contributed by atoms with Crippen molar-refractivity contribution in [1.82, 2.24) is 10.3 Å². The monoisotopic (exact) mass is 234 g/mol. The SMILES string of the molecule is Cc1cc(C)c(C(C)NCC(C)(C)C)c(C)n1. The van der Waals surface area contributed by atoms with Crippen LogP contribution in [-0.4, -0.2) is 11.5 Å². The highest BCUT2D eigenvalue weighted by Gasteiger charge is 2.16. The lowest BCUT2D eigenvalue weighted by Crippen LogP contribution is -2.30. The van der Waals surface area contributed by atoms with Gasteiger partial charge in [0.05, 0.1) is 0 Å². The maximum atomic E-state index is 4.56. The Morgan fingerprint density at radius 1 is 1.24 bits per heavy atom. The van der Waals surface area contributed by atoms with E-state index < -0.39 is 0 Å². The number of aryl methyl sites for hydroxylation is 3. The van der Waals surface area contributed by atoms with Gasteiger partial charge in [0.1, 0.15) is 0 Å². The summed E-state index contributed by atoms with van der Waals surface area (Å²) >= 11 is 0. The second-order valence-corrected chi connectivity index (χ2v) is 6.24. The van der Waals surface area contributed by atoms with Crippen LogP contribution in [0.1, 0.15) is 56.3 Å². The van der Waals surface area contributed by atoms with Gasteiger partial charge in [-0.2, -0.15) is 0 Å². The third-order valence-electron chi connectivity index (χ3n) is 2.96. The molecule has 1 unspecified atom stereocenters. The van der Waals surface area contributed by atoms with E-state index in [4.69, 9.17) is 0 Å². The molecule has 0 saturated heterocycles. The van der Waals surface area contributed by atoms with E-state index in [1.807, 2.05) is 0 Å². The fourth-order valence-electron chi connectivity index (χ4n) is 2.25. The first-order valence-corrected chi connectivity index (χ1v) is 6.39. The lowest BCUT2D eigenvalue weighted by molar-refractivity contribution is 0.358. The molecule has 17 heavy (non-hydrogen) atoms. The van der Waals surface area contributed by atoms with E-state index in [1.165, 1.54) is 11.1 Å². The van der Waals surface area contributed by atoms with Gasteiger partial charge in [0, 0.05) is 24.0 Å². The van der Waals surface area contributed by atoms with Gasteiger partial charge in [-0.15, -0.1) is 0 Å². The largest absolute Gasteiger partial charge is 0.310 e. The summed E-state index contributed by atoms with van der Waals surface area (Å²) in [5, 5.41) is 3.60. The summed E-state index contributed by atoms with van der Waals surface area (Å²) in [6.07, 6.45) is 0. The fraction of sp³-hybridized carbons (Fsp3) is 0.667. The van der Waals surface area contributed by atoms with Crippen molar-refractivity contribution in [2.45, 2.75) is 54.5 Å². The minimum atomic E-state index is 0.314. The molecule has 0 aliphatic rings. The molecule has 2 nitrogen and oxygen atoms in total. The van der Waals surface area contributed by atoms with E-state index in [9.17, 15) is 0 Å². The quantitative estimate of drug-likeness (QED) is 0.862. The molecule has 1 rings (SSSR count). The van der Waals surface area contributed by atoms with Gasteiger partial charge in [-0.1, -0.05) is 20.8 Å². The highest BCUT2D eigenvalue weighted by molar-refractivity contribution is 5.33. The van der Waals surface area contributed by atoms with Crippen molar-refractivity contribution in [3.05, 3.63) is 28.6 Å². The standard InChI is InChI=1S/C15H26N2/c1-10-8-11(2)17-13(4)14(10)12(3)16-9-15(5,6)7/h8,12,16H,9H2,1-7H3. The van der Waals surface area contributed by atoms with Crippen LogP contribution in [-0.2, 0) is 0 Å². The van der Waals surface area contributed by atoms with E-state index >= 15 is 0 Å². The maximum Gasteiger partial charge on any atom is 0.0426 e. The predicted molar refractivity (Wildman–Crippen MR) is 74.3 cm³/mol. The smallest absolute Gasteiger partial charge is 0.0426 e. The van der Waals surface area contributed by atoms with Crippen molar-refractivity contribution in [3.8, 4) is 0 Å².